The van der Waals surface area contributed by atoms with Crippen molar-refractivity contribution >= 4 is 0 Å². The van der Waals surface area contributed by atoms with Crippen LogP contribution in [0.3, 0.4) is 0 Å². The Kier molecular flexibility index (Phi) is 4.36. The number of hydrogen-bond donors (Lipinski definition) is 1. The summed E-state index contributed by atoms with van der Waals surface area (Å²) >= 11 is 0. The van der Waals surface area contributed by atoms with E-state index in [9.17, 15) is 0 Å². The van der Waals surface area contributed by atoms with Gasteiger partial charge in [-0.05, 0) is 39.3 Å². The first-order valence-corrected chi connectivity index (χ1v) is 8.15. The van der Waals surface area contributed by atoms with Gasteiger partial charge >= 0.3 is 0 Å². The molecule has 0 aromatic carbocycles. The summed E-state index contributed by atoms with van der Waals surface area (Å²) in [7, 11) is 0. The van der Waals surface area contributed by atoms with E-state index in [-0.39, 0.29) is 0 Å². The molecule has 1 spiro atoms. The molecule has 20 heavy (non-hydrogen) atoms. The van der Waals surface area contributed by atoms with Crippen LogP contribution in [0.1, 0.15) is 51.3 Å². The van der Waals surface area contributed by atoms with E-state index in [0.29, 0.717) is 5.54 Å². The fourth-order valence-electron chi connectivity index (χ4n) is 3.79. The molecule has 0 unspecified atom stereocenters. The molecule has 2 fully saturated rings. The Morgan fingerprint density at radius 3 is 2.90 bits per heavy atom. The Balaban J connectivity index is 1.69. The normalized spacial score (nSPS) is 23.9. The van der Waals surface area contributed by atoms with Crippen LogP contribution in [-0.4, -0.2) is 44.8 Å². The maximum absolute atomic E-state index is 4.44. The van der Waals surface area contributed by atoms with Crippen molar-refractivity contribution in [2.75, 3.05) is 19.6 Å². The van der Waals surface area contributed by atoms with E-state index < -0.39 is 0 Å². The van der Waals surface area contributed by atoms with Crippen molar-refractivity contribution in [3.8, 4) is 0 Å². The van der Waals surface area contributed by atoms with E-state index in [1.807, 2.05) is 4.68 Å². The van der Waals surface area contributed by atoms with Crippen molar-refractivity contribution < 1.29 is 0 Å². The lowest BCUT2D eigenvalue weighted by molar-refractivity contribution is 0.156. The smallest absolute Gasteiger partial charge is 0.140 e. The first-order chi connectivity index (χ1) is 9.81. The Bertz CT molecular complexity index is 422. The molecule has 0 atom stereocenters. The molecule has 5 heteroatoms. The third-order valence-electron chi connectivity index (χ3n) is 4.85. The lowest BCUT2D eigenvalue weighted by atomic mass is 9.81. The highest BCUT2D eigenvalue weighted by Crippen LogP contribution is 2.30. The van der Waals surface area contributed by atoms with Crippen molar-refractivity contribution in [1.29, 1.82) is 0 Å². The van der Waals surface area contributed by atoms with E-state index in [2.05, 4.69) is 27.2 Å². The Morgan fingerprint density at radius 2 is 2.10 bits per heavy atom. The third kappa shape index (κ3) is 3.04. The lowest BCUT2D eigenvalue weighted by Crippen LogP contribution is -2.52. The van der Waals surface area contributed by atoms with E-state index in [1.54, 1.807) is 6.33 Å². The van der Waals surface area contributed by atoms with Gasteiger partial charge < -0.3 is 5.32 Å². The molecule has 1 aliphatic carbocycles. The highest BCUT2D eigenvalue weighted by Gasteiger charge is 2.35. The summed E-state index contributed by atoms with van der Waals surface area (Å²) in [5.41, 5.74) is 0.367. The van der Waals surface area contributed by atoms with Gasteiger partial charge in [0.15, 0.2) is 0 Å². The number of aromatic nitrogens is 3. The van der Waals surface area contributed by atoms with Crippen LogP contribution in [0.25, 0.3) is 0 Å². The minimum Gasteiger partial charge on any atom is -0.310 e. The summed E-state index contributed by atoms with van der Waals surface area (Å²) in [5.74, 6) is 1.11. The number of rotatable bonds is 3. The predicted octanol–water partition coefficient (Wildman–Crippen LogP) is 1.80. The highest BCUT2D eigenvalue weighted by molar-refractivity contribution is 4.96. The molecule has 2 heterocycles. The Morgan fingerprint density at radius 1 is 1.25 bits per heavy atom. The molecule has 0 amide bonds. The SMILES string of the molecule is CCn1ncnc1CN1CCCNC2(CCCCC2)C1. The summed E-state index contributed by atoms with van der Waals surface area (Å²) < 4.78 is 2.02. The fraction of sp³-hybridized carbons (Fsp3) is 0.867. The van der Waals surface area contributed by atoms with Gasteiger partial charge in [-0.1, -0.05) is 19.3 Å². The third-order valence-corrected chi connectivity index (χ3v) is 4.85. The quantitative estimate of drug-likeness (QED) is 0.915. The van der Waals surface area contributed by atoms with Gasteiger partial charge in [-0.25, -0.2) is 9.67 Å². The molecular formula is C15H27N5. The van der Waals surface area contributed by atoms with Crippen molar-refractivity contribution in [3.63, 3.8) is 0 Å². The molecule has 3 rings (SSSR count). The van der Waals surface area contributed by atoms with Gasteiger partial charge in [-0.2, -0.15) is 5.10 Å². The highest BCUT2D eigenvalue weighted by atomic mass is 15.3. The second-order valence-corrected chi connectivity index (χ2v) is 6.32. The van der Waals surface area contributed by atoms with Gasteiger partial charge in [-0.3, -0.25) is 4.90 Å². The van der Waals surface area contributed by atoms with Crippen LogP contribution in [0.15, 0.2) is 6.33 Å². The summed E-state index contributed by atoms with van der Waals surface area (Å²) in [6, 6.07) is 0. The van der Waals surface area contributed by atoms with Crippen molar-refractivity contribution in [2.45, 2.75) is 64.1 Å². The van der Waals surface area contributed by atoms with Crippen LogP contribution in [0.2, 0.25) is 0 Å². The Hall–Kier alpha value is -0.940. The summed E-state index contributed by atoms with van der Waals surface area (Å²) in [6.07, 6.45) is 9.77. The van der Waals surface area contributed by atoms with Gasteiger partial charge in [0, 0.05) is 18.6 Å². The van der Waals surface area contributed by atoms with Crippen LogP contribution >= 0.6 is 0 Å². The number of nitrogens with zero attached hydrogens (tertiary/aromatic N) is 4. The molecular weight excluding hydrogens is 250 g/mol. The molecule has 1 saturated carbocycles. The summed E-state index contributed by atoms with van der Waals surface area (Å²) in [4.78, 5) is 7.02. The molecule has 1 saturated heterocycles. The zero-order valence-corrected chi connectivity index (χ0v) is 12.6. The van der Waals surface area contributed by atoms with Crippen LogP contribution in [0.5, 0.6) is 0 Å². The Labute approximate surface area is 121 Å². The molecule has 5 nitrogen and oxygen atoms in total. The molecule has 1 aromatic heterocycles. The van der Waals surface area contributed by atoms with Gasteiger partial charge in [0.2, 0.25) is 0 Å². The second kappa shape index (κ2) is 6.22. The van der Waals surface area contributed by atoms with Gasteiger partial charge in [-0.15, -0.1) is 0 Å². The van der Waals surface area contributed by atoms with E-state index in [4.69, 9.17) is 0 Å². The molecule has 112 valence electrons. The number of hydrogen-bond acceptors (Lipinski definition) is 4. The van der Waals surface area contributed by atoms with Crippen LogP contribution in [0.4, 0.5) is 0 Å². The zero-order chi connectivity index (χ0) is 13.8. The first-order valence-electron chi connectivity index (χ1n) is 8.15. The second-order valence-electron chi connectivity index (χ2n) is 6.32. The van der Waals surface area contributed by atoms with E-state index in [0.717, 1.165) is 25.5 Å². The zero-order valence-electron chi connectivity index (χ0n) is 12.6. The minimum absolute atomic E-state index is 0.367. The predicted molar refractivity (Wildman–Crippen MR) is 79.4 cm³/mol. The molecule has 1 aromatic rings. The average Bonchev–Trinajstić information content (AvgIpc) is 2.83. The topological polar surface area (TPSA) is 46.0 Å². The monoisotopic (exact) mass is 277 g/mol. The molecule has 1 aliphatic heterocycles. The van der Waals surface area contributed by atoms with Crippen LogP contribution < -0.4 is 5.32 Å². The molecule has 2 aliphatic rings. The first kappa shape index (κ1) is 14.0. The van der Waals surface area contributed by atoms with Gasteiger partial charge in [0.25, 0.3) is 0 Å². The van der Waals surface area contributed by atoms with E-state index >= 15 is 0 Å². The van der Waals surface area contributed by atoms with Crippen molar-refractivity contribution in [1.82, 2.24) is 25.0 Å². The maximum Gasteiger partial charge on any atom is 0.140 e. The number of aryl methyl sites for hydroxylation is 1. The minimum atomic E-state index is 0.367. The molecule has 0 bridgehead atoms. The largest absolute Gasteiger partial charge is 0.310 e. The fourth-order valence-corrected chi connectivity index (χ4v) is 3.79. The number of nitrogens with one attached hydrogen (secondary N) is 1. The van der Waals surface area contributed by atoms with Crippen LogP contribution in [-0.2, 0) is 13.1 Å². The van der Waals surface area contributed by atoms with Crippen molar-refractivity contribution in [2.24, 2.45) is 0 Å². The van der Waals surface area contributed by atoms with Crippen LogP contribution in [0, 0.1) is 0 Å². The molecule has 1 N–H and O–H groups in total. The van der Waals surface area contributed by atoms with Gasteiger partial charge in [0.05, 0.1) is 6.54 Å². The average molecular weight is 277 g/mol. The van der Waals surface area contributed by atoms with E-state index in [1.165, 1.54) is 51.6 Å². The van der Waals surface area contributed by atoms with Gasteiger partial charge in [0.1, 0.15) is 12.2 Å². The standard InChI is InChI=1S/C15H27N5/c1-2-20-14(16-13-18-20)11-19-10-6-9-17-15(12-19)7-4-3-5-8-15/h13,17H,2-12H2,1H3. The van der Waals surface area contributed by atoms with Crippen molar-refractivity contribution in [3.05, 3.63) is 12.2 Å². The lowest BCUT2D eigenvalue weighted by Gasteiger charge is -2.40. The summed E-state index contributed by atoms with van der Waals surface area (Å²) in [5, 5.41) is 8.14. The summed E-state index contributed by atoms with van der Waals surface area (Å²) in [6.45, 7) is 7.49. The maximum atomic E-state index is 4.44. The molecule has 0 radical (unpaired) electrons.